The number of nitrogens with zero attached hydrogens (tertiary/aromatic N) is 2. The van der Waals surface area contributed by atoms with Crippen LogP contribution in [-0.2, 0) is 10.8 Å². The lowest BCUT2D eigenvalue weighted by Gasteiger charge is -1.85. The molecule has 0 saturated carbocycles. The highest BCUT2D eigenvalue weighted by Crippen LogP contribution is 2.12. The molecule has 0 bridgehead atoms. The van der Waals surface area contributed by atoms with Crippen LogP contribution in [0.5, 0.6) is 0 Å². The average Bonchev–Trinajstić information content (AvgIpc) is 2.34. The minimum absolute atomic E-state index is 0.182. The van der Waals surface area contributed by atoms with Crippen molar-refractivity contribution in [3.8, 4) is 0 Å². The summed E-state index contributed by atoms with van der Waals surface area (Å²) in [5.74, 6) is 0.561. The summed E-state index contributed by atoms with van der Waals surface area (Å²) in [5.41, 5.74) is 0. The van der Waals surface area contributed by atoms with Gasteiger partial charge in [-0.15, -0.1) is 0 Å². The van der Waals surface area contributed by atoms with Crippen molar-refractivity contribution >= 4 is 33.9 Å². The molecule has 0 spiro atoms. The van der Waals surface area contributed by atoms with E-state index in [-0.39, 0.29) is 5.28 Å². The molecule has 0 N–H and O–H groups in total. The minimum atomic E-state index is -1.01. The first-order chi connectivity index (χ1) is 4.74. The molecule has 0 aliphatic carbocycles. The fourth-order valence-corrected chi connectivity index (χ4v) is 2.25. The molecule has 10 heavy (non-hydrogen) atoms. The van der Waals surface area contributed by atoms with Crippen LogP contribution in [0.15, 0.2) is 4.34 Å². The molecule has 1 unspecified atom stereocenters. The van der Waals surface area contributed by atoms with E-state index in [9.17, 15) is 4.21 Å². The van der Waals surface area contributed by atoms with Gasteiger partial charge in [0.15, 0.2) is 0 Å². The second kappa shape index (κ2) is 3.41. The largest absolute Gasteiger partial charge is 0.252 e. The maximum atomic E-state index is 11.0. The summed E-state index contributed by atoms with van der Waals surface area (Å²) in [6.07, 6.45) is 0. The van der Waals surface area contributed by atoms with Crippen molar-refractivity contribution in [3.05, 3.63) is 5.28 Å². The van der Waals surface area contributed by atoms with Crippen molar-refractivity contribution in [2.24, 2.45) is 0 Å². The monoisotopic (exact) mass is 196 g/mol. The van der Waals surface area contributed by atoms with Crippen LogP contribution in [0.4, 0.5) is 0 Å². The maximum absolute atomic E-state index is 11.0. The van der Waals surface area contributed by atoms with Crippen LogP contribution < -0.4 is 0 Å². The van der Waals surface area contributed by atoms with Crippen LogP contribution in [0.25, 0.3) is 0 Å². The van der Waals surface area contributed by atoms with Gasteiger partial charge in [-0.05, 0) is 23.1 Å². The highest BCUT2D eigenvalue weighted by atomic mass is 35.5. The van der Waals surface area contributed by atoms with Crippen molar-refractivity contribution < 1.29 is 4.21 Å². The number of hydrogen-bond donors (Lipinski definition) is 0. The number of aromatic nitrogens is 2. The molecule has 1 aromatic rings. The highest BCUT2D eigenvalue weighted by molar-refractivity contribution is 7.87. The third-order valence-corrected chi connectivity index (χ3v) is 3.41. The Balaban J connectivity index is 2.85. The molecule has 0 aliphatic rings. The highest BCUT2D eigenvalue weighted by Gasteiger charge is 2.06. The summed E-state index contributed by atoms with van der Waals surface area (Å²) >= 11 is 6.50. The van der Waals surface area contributed by atoms with E-state index < -0.39 is 10.8 Å². The first-order valence-corrected chi connectivity index (χ1v) is 5.08. The van der Waals surface area contributed by atoms with E-state index in [2.05, 4.69) is 9.36 Å². The average molecular weight is 197 g/mol. The Labute approximate surface area is 70.1 Å². The van der Waals surface area contributed by atoms with Gasteiger partial charge in [0, 0.05) is 5.75 Å². The van der Waals surface area contributed by atoms with Crippen molar-refractivity contribution in [1.29, 1.82) is 0 Å². The fourth-order valence-electron chi connectivity index (χ4n) is 0.409. The van der Waals surface area contributed by atoms with E-state index in [1.165, 1.54) is 0 Å². The summed E-state index contributed by atoms with van der Waals surface area (Å²) < 4.78 is 15.2. The lowest BCUT2D eigenvalue weighted by atomic mass is 11.0. The summed E-state index contributed by atoms with van der Waals surface area (Å²) in [6, 6.07) is 0. The lowest BCUT2D eigenvalue weighted by Crippen LogP contribution is -1.91. The smallest absolute Gasteiger partial charge is 0.235 e. The zero-order chi connectivity index (χ0) is 7.56. The predicted octanol–water partition coefficient (Wildman–Crippen LogP) is 1.32. The molecule has 0 fully saturated rings. The molecule has 1 aromatic heterocycles. The topological polar surface area (TPSA) is 42.9 Å². The van der Waals surface area contributed by atoms with Crippen LogP contribution in [0.2, 0.25) is 5.28 Å². The standard InChI is InChI=1S/C4H5ClN2OS2/c1-2-10(8)4-6-3(5)7-9-4/h2H2,1H3. The molecule has 0 aromatic carbocycles. The quantitative estimate of drug-likeness (QED) is 0.717. The van der Waals surface area contributed by atoms with Gasteiger partial charge in [-0.2, -0.15) is 9.36 Å². The third-order valence-electron chi connectivity index (χ3n) is 0.840. The number of hydrogen-bond acceptors (Lipinski definition) is 4. The molecule has 0 aliphatic heterocycles. The van der Waals surface area contributed by atoms with Gasteiger partial charge in [-0.3, -0.25) is 4.21 Å². The zero-order valence-corrected chi connectivity index (χ0v) is 7.59. The van der Waals surface area contributed by atoms with E-state index in [0.29, 0.717) is 10.1 Å². The van der Waals surface area contributed by atoms with Gasteiger partial charge in [0.1, 0.15) is 0 Å². The summed E-state index contributed by atoms with van der Waals surface area (Å²) in [4.78, 5) is 3.75. The molecule has 1 rings (SSSR count). The van der Waals surface area contributed by atoms with Crippen LogP contribution in [-0.4, -0.2) is 19.3 Å². The third kappa shape index (κ3) is 1.74. The van der Waals surface area contributed by atoms with Gasteiger partial charge in [0.2, 0.25) is 9.62 Å². The normalized spacial score (nSPS) is 13.4. The molecule has 0 radical (unpaired) electrons. The predicted molar refractivity (Wildman–Crippen MR) is 41.9 cm³/mol. The van der Waals surface area contributed by atoms with Crippen molar-refractivity contribution in [2.75, 3.05) is 5.75 Å². The van der Waals surface area contributed by atoms with Gasteiger partial charge in [0.25, 0.3) is 0 Å². The van der Waals surface area contributed by atoms with E-state index in [1.807, 2.05) is 6.92 Å². The molecule has 3 nitrogen and oxygen atoms in total. The Morgan fingerprint density at radius 1 is 1.80 bits per heavy atom. The maximum Gasteiger partial charge on any atom is 0.235 e. The second-order valence-corrected chi connectivity index (χ2v) is 4.47. The molecular weight excluding hydrogens is 192 g/mol. The molecular formula is C4H5ClN2OS2. The summed E-state index contributed by atoms with van der Waals surface area (Å²) in [5, 5.41) is 0.182. The van der Waals surface area contributed by atoms with Crippen molar-refractivity contribution in [3.63, 3.8) is 0 Å². The Morgan fingerprint density at radius 2 is 2.50 bits per heavy atom. The molecule has 6 heteroatoms. The number of halogens is 1. The first kappa shape index (κ1) is 8.10. The molecule has 0 saturated heterocycles. The Morgan fingerprint density at radius 3 is 2.90 bits per heavy atom. The van der Waals surface area contributed by atoms with Crippen molar-refractivity contribution in [1.82, 2.24) is 9.36 Å². The van der Waals surface area contributed by atoms with E-state index in [0.717, 1.165) is 11.5 Å². The van der Waals surface area contributed by atoms with Crippen LogP contribution in [0, 0.1) is 0 Å². The lowest BCUT2D eigenvalue weighted by molar-refractivity contribution is 0.683. The van der Waals surface area contributed by atoms with Gasteiger partial charge in [-0.25, -0.2) is 0 Å². The van der Waals surface area contributed by atoms with Gasteiger partial charge < -0.3 is 0 Å². The van der Waals surface area contributed by atoms with Crippen LogP contribution in [0.3, 0.4) is 0 Å². The Kier molecular flexibility index (Phi) is 2.76. The zero-order valence-electron chi connectivity index (χ0n) is 5.20. The van der Waals surface area contributed by atoms with Crippen LogP contribution in [0.1, 0.15) is 6.92 Å². The van der Waals surface area contributed by atoms with Gasteiger partial charge >= 0.3 is 0 Å². The van der Waals surface area contributed by atoms with Gasteiger partial charge in [-0.1, -0.05) is 6.92 Å². The molecule has 0 amide bonds. The van der Waals surface area contributed by atoms with Crippen molar-refractivity contribution in [2.45, 2.75) is 11.3 Å². The SMILES string of the molecule is CCS(=O)c1nc(Cl)ns1. The van der Waals surface area contributed by atoms with E-state index in [1.54, 1.807) is 0 Å². The first-order valence-electron chi connectivity index (χ1n) is 2.61. The number of rotatable bonds is 2. The van der Waals surface area contributed by atoms with Crippen LogP contribution >= 0.6 is 23.1 Å². The Hall–Kier alpha value is -0.0000000000000000833. The summed E-state index contributed by atoms with van der Waals surface area (Å²) in [7, 11) is -1.01. The molecule has 56 valence electrons. The molecule has 1 heterocycles. The van der Waals surface area contributed by atoms with E-state index in [4.69, 9.17) is 11.6 Å². The van der Waals surface area contributed by atoms with Gasteiger partial charge in [0.05, 0.1) is 10.8 Å². The molecule has 1 atom stereocenters. The second-order valence-electron chi connectivity index (χ2n) is 1.46. The summed E-state index contributed by atoms with van der Waals surface area (Å²) in [6.45, 7) is 1.82. The van der Waals surface area contributed by atoms with E-state index >= 15 is 0 Å². The Bertz CT molecular complexity index is 249. The minimum Gasteiger partial charge on any atom is -0.252 e. The fraction of sp³-hybridized carbons (Fsp3) is 0.500.